The zero-order valence-electron chi connectivity index (χ0n) is 10.4. The molecule has 1 aromatic rings. The Hall–Kier alpha value is -1.35. The molecule has 2 unspecified atom stereocenters. The lowest BCUT2D eigenvalue weighted by atomic mass is 9.92. The second-order valence-electron chi connectivity index (χ2n) is 4.53. The summed E-state index contributed by atoms with van der Waals surface area (Å²) in [6.45, 7) is 3.84. The summed E-state index contributed by atoms with van der Waals surface area (Å²) in [5.74, 6) is -1.34. The predicted octanol–water partition coefficient (Wildman–Crippen LogP) is 2.40. The lowest BCUT2D eigenvalue weighted by Crippen LogP contribution is -2.22. The number of carboxylic acid groups (broad SMARTS) is 1. The maximum atomic E-state index is 11.1. The van der Waals surface area contributed by atoms with E-state index in [1.165, 1.54) is 0 Å². The fourth-order valence-electron chi connectivity index (χ4n) is 1.89. The molecule has 0 radical (unpaired) electrons. The highest BCUT2D eigenvalue weighted by molar-refractivity contribution is 5.70. The molecule has 0 bridgehead atoms. The number of aliphatic carboxylic acids is 1. The number of rotatable bonds is 6. The number of benzene rings is 1. The average Bonchev–Trinajstić information content (AvgIpc) is 2.27. The molecule has 0 aliphatic carbocycles. The van der Waals surface area contributed by atoms with Gasteiger partial charge in [0.1, 0.15) is 0 Å². The first-order chi connectivity index (χ1) is 8.02. The van der Waals surface area contributed by atoms with E-state index in [9.17, 15) is 9.90 Å². The summed E-state index contributed by atoms with van der Waals surface area (Å²) in [7, 11) is 0. The maximum absolute atomic E-state index is 11.1. The second kappa shape index (κ2) is 6.40. The smallest absolute Gasteiger partial charge is 0.306 e. The molecule has 94 valence electrons. The van der Waals surface area contributed by atoms with Crippen LogP contribution in [0.5, 0.6) is 0 Å². The number of hydrogen-bond donors (Lipinski definition) is 2. The van der Waals surface area contributed by atoms with Crippen molar-refractivity contribution in [3.05, 3.63) is 35.4 Å². The molecule has 0 amide bonds. The predicted molar refractivity (Wildman–Crippen MR) is 66.9 cm³/mol. The van der Waals surface area contributed by atoms with E-state index in [1.807, 2.05) is 38.1 Å². The highest BCUT2D eigenvalue weighted by Gasteiger charge is 2.21. The van der Waals surface area contributed by atoms with Crippen molar-refractivity contribution in [3.63, 3.8) is 0 Å². The van der Waals surface area contributed by atoms with E-state index in [-0.39, 0.29) is 0 Å². The molecule has 1 aromatic carbocycles. The Kier molecular flexibility index (Phi) is 5.16. The van der Waals surface area contributed by atoms with Crippen molar-refractivity contribution in [2.24, 2.45) is 5.92 Å². The largest absolute Gasteiger partial charge is 0.481 e. The van der Waals surface area contributed by atoms with Crippen molar-refractivity contribution >= 4 is 5.97 Å². The first kappa shape index (κ1) is 13.7. The van der Waals surface area contributed by atoms with Gasteiger partial charge in [-0.25, -0.2) is 0 Å². The van der Waals surface area contributed by atoms with E-state index in [0.717, 1.165) is 11.1 Å². The molecule has 0 aromatic heterocycles. The first-order valence-electron chi connectivity index (χ1n) is 5.99. The Balaban J connectivity index is 2.70. The molecule has 2 atom stereocenters. The monoisotopic (exact) mass is 236 g/mol. The minimum Gasteiger partial charge on any atom is -0.481 e. The zero-order chi connectivity index (χ0) is 12.8. The lowest BCUT2D eigenvalue weighted by Gasteiger charge is -2.16. The van der Waals surface area contributed by atoms with Crippen LogP contribution in [0, 0.1) is 12.8 Å². The average molecular weight is 236 g/mol. The molecule has 0 saturated carbocycles. The Bertz CT molecular complexity index is 373. The third-order valence-electron chi connectivity index (χ3n) is 2.94. The summed E-state index contributed by atoms with van der Waals surface area (Å²) in [5.41, 5.74) is 2.14. The Labute approximate surface area is 102 Å². The van der Waals surface area contributed by atoms with E-state index < -0.39 is 18.0 Å². The number of aliphatic hydroxyl groups excluding tert-OH is 1. The van der Waals surface area contributed by atoms with Crippen LogP contribution in [-0.4, -0.2) is 22.3 Å². The number of hydrogen-bond acceptors (Lipinski definition) is 2. The third kappa shape index (κ3) is 4.57. The molecule has 0 heterocycles. The van der Waals surface area contributed by atoms with Crippen molar-refractivity contribution in [2.45, 2.75) is 39.2 Å². The minimum atomic E-state index is -0.834. The Morgan fingerprint density at radius 3 is 2.65 bits per heavy atom. The summed E-state index contributed by atoms with van der Waals surface area (Å²) in [6.07, 6.45) is 0.867. The molecule has 0 aliphatic rings. The quantitative estimate of drug-likeness (QED) is 0.797. The topological polar surface area (TPSA) is 57.5 Å². The van der Waals surface area contributed by atoms with Gasteiger partial charge in [0.2, 0.25) is 0 Å². The molecule has 0 fully saturated rings. The number of carbonyl (C=O) groups is 1. The van der Waals surface area contributed by atoms with Crippen LogP contribution in [-0.2, 0) is 11.2 Å². The summed E-state index contributed by atoms with van der Waals surface area (Å²) >= 11 is 0. The van der Waals surface area contributed by atoms with Crippen LogP contribution in [0.1, 0.15) is 30.9 Å². The van der Waals surface area contributed by atoms with E-state index in [2.05, 4.69) is 0 Å². The van der Waals surface area contributed by atoms with E-state index in [0.29, 0.717) is 19.3 Å². The van der Waals surface area contributed by atoms with Gasteiger partial charge in [-0.3, -0.25) is 4.79 Å². The van der Waals surface area contributed by atoms with Gasteiger partial charge in [0, 0.05) is 0 Å². The first-order valence-corrected chi connectivity index (χ1v) is 5.99. The molecule has 17 heavy (non-hydrogen) atoms. The molecule has 1 rings (SSSR count). The van der Waals surface area contributed by atoms with Crippen LogP contribution in [0.4, 0.5) is 0 Å². The van der Waals surface area contributed by atoms with Gasteiger partial charge < -0.3 is 10.2 Å². The van der Waals surface area contributed by atoms with Crippen LogP contribution >= 0.6 is 0 Å². The summed E-state index contributed by atoms with van der Waals surface area (Å²) < 4.78 is 0. The summed E-state index contributed by atoms with van der Waals surface area (Å²) in [6, 6.07) is 7.84. The second-order valence-corrected chi connectivity index (χ2v) is 4.53. The Morgan fingerprint density at radius 2 is 2.12 bits per heavy atom. The van der Waals surface area contributed by atoms with Gasteiger partial charge in [-0.15, -0.1) is 0 Å². The van der Waals surface area contributed by atoms with Gasteiger partial charge in [0.15, 0.2) is 0 Å². The standard InChI is InChI=1S/C14H20O3/c1-3-13(15)9-12(14(16)17)8-11-6-4-5-10(2)7-11/h4-7,12-13,15H,3,8-9H2,1-2H3,(H,16,17). The molecule has 3 heteroatoms. The maximum Gasteiger partial charge on any atom is 0.306 e. The molecule has 2 N–H and O–H groups in total. The normalized spacial score (nSPS) is 14.3. The van der Waals surface area contributed by atoms with Crippen molar-refractivity contribution in [3.8, 4) is 0 Å². The van der Waals surface area contributed by atoms with Gasteiger partial charge in [-0.1, -0.05) is 36.8 Å². The van der Waals surface area contributed by atoms with Gasteiger partial charge in [0.05, 0.1) is 12.0 Å². The number of carboxylic acids is 1. The molecule has 0 aliphatic heterocycles. The van der Waals surface area contributed by atoms with Crippen molar-refractivity contribution in [2.75, 3.05) is 0 Å². The van der Waals surface area contributed by atoms with Crippen LogP contribution in [0.15, 0.2) is 24.3 Å². The van der Waals surface area contributed by atoms with Crippen molar-refractivity contribution in [1.29, 1.82) is 0 Å². The highest BCUT2D eigenvalue weighted by Crippen LogP contribution is 2.17. The van der Waals surface area contributed by atoms with Gasteiger partial charge in [0.25, 0.3) is 0 Å². The molecule has 0 spiro atoms. The summed E-state index contributed by atoms with van der Waals surface area (Å²) in [4.78, 5) is 11.1. The van der Waals surface area contributed by atoms with Crippen LogP contribution < -0.4 is 0 Å². The third-order valence-corrected chi connectivity index (χ3v) is 2.94. The molecule has 0 saturated heterocycles. The molecular weight excluding hydrogens is 216 g/mol. The number of aryl methyl sites for hydroxylation is 1. The van der Waals surface area contributed by atoms with Crippen LogP contribution in [0.25, 0.3) is 0 Å². The van der Waals surface area contributed by atoms with Crippen LogP contribution in [0.2, 0.25) is 0 Å². The fourth-order valence-corrected chi connectivity index (χ4v) is 1.89. The van der Waals surface area contributed by atoms with E-state index >= 15 is 0 Å². The van der Waals surface area contributed by atoms with E-state index in [4.69, 9.17) is 5.11 Å². The Morgan fingerprint density at radius 1 is 1.41 bits per heavy atom. The summed E-state index contributed by atoms with van der Waals surface area (Å²) in [5, 5.41) is 18.7. The SMILES string of the molecule is CCC(O)CC(Cc1cccc(C)c1)C(=O)O. The van der Waals surface area contributed by atoms with Gasteiger partial charge in [-0.05, 0) is 31.7 Å². The highest BCUT2D eigenvalue weighted by atomic mass is 16.4. The molecular formula is C14H20O3. The van der Waals surface area contributed by atoms with Crippen LogP contribution in [0.3, 0.4) is 0 Å². The lowest BCUT2D eigenvalue weighted by molar-refractivity contribution is -0.142. The molecule has 3 nitrogen and oxygen atoms in total. The number of aliphatic hydroxyl groups is 1. The zero-order valence-corrected chi connectivity index (χ0v) is 10.4. The van der Waals surface area contributed by atoms with Gasteiger partial charge in [-0.2, -0.15) is 0 Å². The van der Waals surface area contributed by atoms with Crippen molar-refractivity contribution in [1.82, 2.24) is 0 Å². The van der Waals surface area contributed by atoms with Gasteiger partial charge >= 0.3 is 5.97 Å². The fraction of sp³-hybridized carbons (Fsp3) is 0.500. The minimum absolute atomic E-state index is 0.319. The van der Waals surface area contributed by atoms with Crippen molar-refractivity contribution < 1.29 is 15.0 Å². The van der Waals surface area contributed by atoms with E-state index in [1.54, 1.807) is 0 Å².